The zero-order valence-electron chi connectivity index (χ0n) is 18.2. The summed E-state index contributed by atoms with van der Waals surface area (Å²) in [5.41, 5.74) is 0.990. The molecule has 174 valence electrons. The number of ether oxygens (including phenoxy) is 2. The molecule has 4 aromatic rings. The molecule has 0 bridgehead atoms. The number of sulfone groups is 1. The maximum Gasteiger partial charge on any atom is 0.204 e. The quantitative estimate of drug-likeness (QED) is 0.351. The Hall–Kier alpha value is -3.31. The van der Waals surface area contributed by atoms with Gasteiger partial charge in [0.25, 0.3) is 0 Å². The molecule has 0 spiro atoms. The fourth-order valence-corrected chi connectivity index (χ4v) is 4.96. The Morgan fingerprint density at radius 1 is 1.09 bits per heavy atom. The lowest BCUT2D eigenvalue weighted by Gasteiger charge is -2.16. The van der Waals surface area contributed by atoms with Crippen LogP contribution in [-0.4, -0.2) is 52.9 Å². The van der Waals surface area contributed by atoms with Gasteiger partial charge < -0.3 is 13.9 Å². The molecule has 12 heteroatoms. The second-order valence-corrected chi connectivity index (χ2v) is 9.79. The molecule has 3 aromatic heterocycles. The molecule has 4 rings (SSSR count). The van der Waals surface area contributed by atoms with Crippen LogP contribution in [0.15, 0.2) is 47.2 Å². The van der Waals surface area contributed by atoms with Crippen molar-refractivity contribution in [2.45, 2.75) is 12.2 Å². The number of aryl methyl sites for hydroxylation is 2. The highest BCUT2D eigenvalue weighted by Crippen LogP contribution is 2.36. The van der Waals surface area contributed by atoms with Crippen LogP contribution in [0.25, 0.3) is 17.3 Å². The van der Waals surface area contributed by atoms with Crippen molar-refractivity contribution in [1.82, 2.24) is 24.5 Å². The lowest BCUT2D eigenvalue weighted by atomic mass is 10.2. The summed E-state index contributed by atoms with van der Waals surface area (Å²) >= 11 is 6.12. The largest absolute Gasteiger partial charge is 0.494 e. The van der Waals surface area contributed by atoms with Crippen LogP contribution in [0, 0.1) is 0 Å². The van der Waals surface area contributed by atoms with E-state index in [1.54, 1.807) is 52.8 Å². The third-order valence-corrected chi connectivity index (χ3v) is 6.79. The standard InChI is InChI=1S/C21H22ClN5O5S/c1-26-12-14(22)15(25-26)9-11-33(28,29)13-19-23-24-21(18-8-5-10-32-18)27(19)20-16(30-2)6-4-7-17(20)31-3/h4-8,10,12H,9,11,13H2,1-3H3. The lowest BCUT2D eigenvalue weighted by molar-refractivity contribution is 0.390. The average molecular weight is 492 g/mol. The van der Waals surface area contributed by atoms with Crippen molar-refractivity contribution in [2.24, 2.45) is 7.05 Å². The van der Waals surface area contributed by atoms with E-state index in [4.69, 9.17) is 25.5 Å². The maximum atomic E-state index is 13.0. The first-order valence-electron chi connectivity index (χ1n) is 9.91. The van der Waals surface area contributed by atoms with Gasteiger partial charge in [-0.05, 0) is 24.3 Å². The van der Waals surface area contributed by atoms with Gasteiger partial charge in [0.05, 0.1) is 37.0 Å². The fourth-order valence-electron chi connectivity index (χ4n) is 3.46. The smallest absolute Gasteiger partial charge is 0.204 e. The average Bonchev–Trinajstić information content (AvgIpc) is 3.51. The first-order chi connectivity index (χ1) is 15.8. The molecule has 0 atom stereocenters. The van der Waals surface area contributed by atoms with Crippen LogP contribution in [0.2, 0.25) is 5.02 Å². The van der Waals surface area contributed by atoms with Gasteiger partial charge in [-0.3, -0.25) is 9.25 Å². The minimum atomic E-state index is -3.61. The highest BCUT2D eigenvalue weighted by molar-refractivity contribution is 7.90. The van der Waals surface area contributed by atoms with Crippen LogP contribution < -0.4 is 9.47 Å². The van der Waals surface area contributed by atoms with E-state index in [1.165, 1.54) is 20.5 Å². The summed E-state index contributed by atoms with van der Waals surface area (Å²) in [7, 11) is 1.15. The van der Waals surface area contributed by atoms with Gasteiger partial charge in [-0.25, -0.2) is 8.42 Å². The summed E-state index contributed by atoms with van der Waals surface area (Å²) in [6.07, 6.45) is 3.31. The molecular weight excluding hydrogens is 470 g/mol. The molecule has 33 heavy (non-hydrogen) atoms. The Labute approximate surface area is 195 Å². The molecule has 0 unspecified atom stereocenters. The normalized spacial score (nSPS) is 11.6. The summed E-state index contributed by atoms with van der Waals surface area (Å²) in [6, 6.07) is 8.67. The number of methoxy groups -OCH3 is 2. The first kappa shape index (κ1) is 22.9. The Morgan fingerprint density at radius 2 is 1.82 bits per heavy atom. The highest BCUT2D eigenvalue weighted by Gasteiger charge is 2.26. The molecule has 0 N–H and O–H groups in total. The molecule has 0 fully saturated rings. The fraction of sp³-hybridized carbons (Fsp3) is 0.286. The van der Waals surface area contributed by atoms with Crippen LogP contribution >= 0.6 is 11.6 Å². The van der Waals surface area contributed by atoms with Gasteiger partial charge >= 0.3 is 0 Å². The number of aromatic nitrogens is 5. The Balaban J connectivity index is 1.75. The van der Waals surface area contributed by atoms with E-state index in [2.05, 4.69) is 15.3 Å². The molecule has 10 nitrogen and oxygen atoms in total. The van der Waals surface area contributed by atoms with E-state index in [9.17, 15) is 8.42 Å². The van der Waals surface area contributed by atoms with Crippen LogP contribution in [0.4, 0.5) is 0 Å². The molecule has 1 aromatic carbocycles. The summed E-state index contributed by atoms with van der Waals surface area (Å²) in [5.74, 6) is 1.32. The Bertz CT molecular complexity index is 1340. The molecule has 0 saturated carbocycles. The van der Waals surface area contributed by atoms with Gasteiger partial charge in [0.2, 0.25) is 5.82 Å². The van der Waals surface area contributed by atoms with Gasteiger partial charge in [-0.1, -0.05) is 17.7 Å². The molecule has 0 radical (unpaired) electrons. The van der Waals surface area contributed by atoms with E-state index in [1.807, 2.05) is 0 Å². The number of para-hydroxylation sites is 1. The molecule has 0 amide bonds. The van der Waals surface area contributed by atoms with Crippen LogP contribution in [0.3, 0.4) is 0 Å². The predicted molar refractivity (Wildman–Crippen MR) is 122 cm³/mol. The van der Waals surface area contributed by atoms with E-state index in [0.29, 0.717) is 39.5 Å². The van der Waals surface area contributed by atoms with E-state index in [0.717, 1.165) is 0 Å². The van der Waals surface area contributed by atoms with Crippen molar-refractivity contribution in [1.29, 1.82) is 0 Å². The van der Waals surface area contributed by atoms with E-state index in [-0.39, 0.29) is 23.8 Å². The Morgan fingerprint density at radius 3 is 2.39 bits per heavy atom. The summed E-state index contributed by atoms with van der Waals surface area (Å²) in [4.78, 5) is 0. The molecular formula is C21H22ClN5O5S. The highest BCUT2D eigenvalue weighted by atomic mass is 35.5. The molecule has 0 saturated heterocycles. The third-order valence-electron chi connectivity index (χ3n) is 4.95. The SMILES string of the molecule is COc1cccc(OC)c1-n1c(CS(=O)(=O)CCc2nn(C)cc2Cl)nnc1-c1ccco1. The van der Waals surface area contributed by atoms with Crippen LogP contribution in [-0.2, 0) is 29.1 Å². The zero-order chi connectivity index (χ0) is 23.6. The summed E-state index contributed by atoms with van der Waals surface area (Å²) in [6.45, 7) is 0. The molecule has 0 aliphatic carbocycles. The number of nitrogens with zero attached hydrogens (tertiary/aromatic N) is 5. The number of furan rings is 1. The van der Waals surface area contributed by atoms with Crippen molar-refractivity contribution >= 4 is 21.4 Å². The van der Waals surface area contributed by atoms with E-state index < -0.39 is 9.84 Å². The van der Waals surface area contributed by atoms with Crippen molar-refractivity contribution in [3.05, 3.63) is 59.3 Å². The zero-order valence-corrected chi connectivity index (χ0v) is 19.8. The first-order valence-corrected chi connectivity index (χ1v) is 12.1. The minimum Gasteiger partial charge on any atom is -0.494 e. The molecule has 0 aliphatic heterocycles. The number of hydrogen-bond donors (Lipinski definition) is 0. The second-order valence-electron chi connectivity index (χ2n) is 7.20. The van der Waals surface area contributed by atoms with E-state index >= 15 is 0 Å². The van der Waals surface area contributed by atoms with Crippen LogP contribution in [0.1, 0.15) is 11.5 Å². The van der Waals surface area contributed by atoms with Gasteiger partial charge in [0, 0.05) is 19.7 Å². The Kier molecular flexibility index (Phi) is 6.43. The molecule has 0 aliphatic rings. The number of benzene rings is 1. The van der Waals surface area contributed by atoms with Gasteiger partial charge in [-0.2, -0.15) is 5.10 Å². The minimum absolute atomic E-state index is 0.157. The maximum absolute atomic E-state index is 13.0. The van der Waals surface area contributed by atoms with Gasteiger partial charge in [0.15, 0.2) is 21.4 Å². The van der Waals surface area contributed by atoms with Crippen molar-refractivity contribution in [2.75, 3.05) is 20.0 Å². The summed E-state index contributed by atoms with van der Waals surface area (Å²) < 4.78 is 45.8. The van der Waals surface area contributed by atoms with Crippen molar-refractivity contribution < 1.29 is 22.3 Å². The van der Waals surface area contributed by atoms with Crippen molar-refractivity contribution in [3.63, 3.8) is 0 Å². The van der Waals surface area contributed by atoms with Gasteiger partial charge in [0.1, 0.15) is 22.9 Å². The summed E-state index contributed by atoms with van der Waals surface area (Å²) in [5, 5.41) is 13.0. The van der Waals surface area contributed by atoms with Crippen LogP contribution in [0.5, 0.6) is 11.5 Å². The van der Waals surface area contributed by atoms with Gasteiger partial charge in [-0.15, -0.1) is 10.2 Å². The lowest BCUT2D eigenvalue weighted by Crippen LogP contribution is -2.16. The topological polar surface area (TPSA) is 114 Å². The molecule has 3 heterocycles. The third kappa shape index (κ3) is 4.74. The number of halogens is 1. The number of hydrogen-bond acceptors (Lipinski definition) is 8. The second kappa shape index (κ2) is 9.28. The van der Waals surface area contributed by atoms with Crippen molar-refractivity contribution in [3.8, 4) is 28.8 Å². The monoisotopic (exact) mass is 491 g/mol. The number of rotatable bonds is 9. The predicted octanol–water partition coefficient (Wildman–Crippen LogP) is 3.09.